The summed E-state index contributed by atoms with van der Waals surface area (Å²) < 4.78 is 5.27. The van der Waals surface area contributed by atoms with Crippen LogP contribution >= 0.6 is 34.8 Å². The highest BCUT2D eigenvalue weighted by molar-refractivity contribution is 6.42. The molecular weight excluding hydrogens is 316 g/mol. The Morgan fingerprint density at radius 1 is 1.26 bits per heavy atom. The Balaban J connectivity index is 2.45. The van der Waals surface area contributed by atoms with Gasteiger partial charge in [0.25, 0.3) is 0 Å². The number of hydrogen-bond acceptors (Lipinski definition) is 5. The zero-order chi connectivity index (χ0) is 14.0. The van der Waals surface area contributed by atoms with Gasteiger partial charge >= 0.3 is 11.6 Å². The number of nitrogens with zero attached hydrogens (tertiary/aromatic N) is 3. The van der Waals surface area contributed by atoms with E-state index < -0.39 is 10.6 Å². The van der Waals surface area contributed by atoms with E-state index in [0.29, 0.717) is 0 Å². The molecule has 0 radical (unpaired) electrons. The van der Waals surface area contributed by atoms with Crippen molar-refractivity contribution in [1.29, 1.82) is 0 Å². The molecule has 6 nitrogen and oxygen atoms in total. The minimum atomic E-state index is -0.690. The Morgan fingerprint density at radius 2 is 2.00 bits per heavy atom. The maximum absolute atomic E-state index is 10.8. The van der Waals surface area contributed by atoms with Crippen molar-refractivity contribution in [3.63, 3.8) is 0 Å². The molecule has 0 unspecified atom stereocenters. The van der Waals surface area contributed by atoms with Gasteiger partial charge in [-0.05, 0) is 23.7 Å². The first-order chi connectivity index (χ1) is 8.99. The molecule has 0 spiro atoms. The van der Waals surface area contributed by atoms with E-state index in [2.05, 4.69) is 9.97 Å². The van der Waals surface area contributed by atoms with Crippen molar-refractivity contribution in [2.75, 3.05) is 0 Å². The first-order valence-electron chi connectivity index (χ1n) is 4.78. The number of benzene rings is 1. The standard InChI is InChI=1S/C10H4Cl3N3O3/c11-5-2-1-3-7(8(5)12)19-9-6(16(17)18)4-14-10(13)15-9/h1-4H. The molecule has 2 rings (SSSR count). The average Bonchev–Trinajstić information content (AvgIpc) is 2.35. The van der Waals surface area contributed by atoms with Crippen LogP contribution in [0.2, 0.25) is 15.3 Å². The van der Waals surface area contributed by atoms with Crippen molar-refractivity contribution in [1.82, 2.24) is 9.97 Å². The first kappa shape index (κ1) is 13.8. The summed E-state index contributed by atoms with van der Waals surface area (Å²) in [4.78, 5) is 17.3. The van der Waals surface area contributed by atoms with Gasteiger partial charge in [-0.25, -0.2) is 4.98 Å². The Hall–Kier alpha value is -1.63. The van der Waals surface area contributed by atoms with E-state index in [0.717, 1.165) is 6.20 Å². The van der Waals surface area contributed by atoms with Crippen molar-refractivity contribution in [3.8, 4) is 11.6 Å². The molecule has 98 valence electrons. The van der Waals surface area contributed by atoms with Gasteiger partial charge in [-0.2, -0.15) is 4.98 Å². The number of aromatic nitrogens is 2. The average molecular weight is 321 g/mol. The number of halogens is 3. The summed E-state index contributed by atoms with van der Waals surface area (Å²) in [5.74, 6) is -0.179. The third-order valence-corrected chi connectivity index (χ3v) is 3.01. The van der Waals surface area contributed by atoms with Crippen molar-refractivity contribution < 1.29 is 9.66 Å². The molecule has 0 amide bonds. The van der Waals surface area contributed by atoms with E-state index in [9.17, 15) is 10.1 Å². The van der Waals surface area contributed by atoms with Gasteiger partial charge in [0, 0.05) is 0 Å². The fraction of sp³-hybridized carbons (Fsp3) is 0. The number of nitro groups is 1. The van der Waals surface area contributed by atoms with Crippen molar-refractivity contribution in [2.45, 2.75) is 0 Å². The van der Waals surface area contributed by atoms with Gasteiger partial charge in [-0.1, -0.05) is 29.3 Å². The molecule has 0 saturated heterocycles. The molecule has 0 atom stereocenters. The van der Waals surface area contributed by atoms with E-state index in [1.54, 1.807) is 12.1 Å². The normalized spacial score (nSPS) is 10.3. The smallest absolute Gasteiger partial charge is 0.349 e. The van der Waals surface area contributed by atoms with Gasteiger partial charge in [0.1, 0.15) is 17.0 Å². The van der Waals surface area contributed by atoms with Crippen LogP contribution in [0.15, 0.2) is 24.4 Å². The van der Waals surface area contributed by atoms with Crippen molar-refractivity contribution in [2.24, 2.45) is 0 Å². The molecule has 0 aliphatic carbocycles. The van der Waals surface area contributed by atoms with E-state index in [-0.39, 0.29) is 27.0 Å². The highest BCUT2D eigenvalue weighted by Crippen LogP contribution is 2.36. The molecule has 0 saturated carbocycles. The van der Waals surface area contributed by atoms with E-state index in [4.69, 9.17) is 39.5 Å². The summed E-state index contributed by atoms with van der Waals surface area (Å²) in [6.45, 7) is 0. The maximum atomic E-state index is 10.8. The molecule has 1 aromatic heterocycles. The minimum Gasteiger partial charge on any atom is -0.432 e. The van der Waals surface area contributed by atoms with E-state index in [1.165, 1.54) is 6.07 Å². The van der Waals surface area contributed by atoms with Crippen LogP contribution in [0.4, 0.5) is 5.69 Å². The summed E-state index contributed by atoms with van der Waals surface area (Å²) in [5.41, 5.74) is -0.430. The van der Waals surface area contributed by atoms with Crippen molar-refractivity contribution >= 4 is 40.5 Å². The van der Waals surface area contributed by atoms with Gasteiger partial charge < -0.3 is 4.74 Å². The lowest BCUT2D eigenvalue weighted by Crippen LogP contribution is -1.98. The zero-order valence-electron chi connectivity index (χ0n) is 9.01. The molecular formula is C10H4Cl3N3O3. The van der Waals surface area contributed by atoms with Crippen LogP contribution in [0, 0.1) is 10.1 Å². The zero-order valence-corrected chi connectivity index (χ0v) is 11.3. The second kappa shape index (κ2) is 5.56. The number of rotatable bonds is 3. The second-order valence-electron chi connectivity index (χ2n) is 3.24. The van der Waals surface area contributed by atoms with Crippen LogP contribution in [-0.2, 0) is 0 Å². The van der Waals surface area contributed by atoms with Crippen LogP contribution in [-0.4, -0.2) is 14.9 Å². The van der Waals surface area contributed by atoms with Crippen LogP contribution in [0.5, 0.6) is 11.6 Å². The molecule has 19 heavy (non-hydrogen) atoms. The largest absolute Gasteiger partial charge is 0.432 e. The highest BCUT2D eigenvalue weighted by atomic mass is 35.5. The summed E-state index contributed by atoms with van der Waals surface area (Å²) in [6, 6.07) is 4.63. The fourth-order valence-corrected chi connectivity index (χ4v) is 1.66. The van der Waals surface area contributed by atoms with Gasteiger partial charge in [-0.3, -0.25) is 10.1 Å². The topological polar surface area (TPSA) is 78.2 Å². The van der Waals surface area contributed by atoms with Crippen LogP contribution < -0.4 is 4.74 Å². The summed E-state index contributed by atoms with van der Waals surface area (Å²) >= 11 is 17.3. The third-order valence-electron chi connectivity index (χ3n) is 2.03. The molecule has 0 aliphatic heterocycles. The summed E-state index contributed by atoms with van der Waals surface area (Å²) in [5, 5.41) is 11.0. The second-order valence-corrected chi connectivity index (χ2v) is 4.36. The Labute approximate surface area is 122 Å². The van der Waals surface area contributed by atoms with Crippen LogP contribution in [0.25, 0.3) is 0 Å². The molecule has 0 fully saturated rings. The predicted molar refractivity (Wildman–Crippen MR) is 70.2 cm³/mol. The van der Waals surface area contributed by atoms with Gasteiger partial charge in [0.15, 0.2) is 0 Å². The molecule has 0 bridgehead atoms. The third kappa shape index (κ3) is 3.04. The predicted octanol–water partition coefficient (Wildman–Crippen LogP) is 4.14. The minimum absolute atomic E-state index is 0.119. The lowest BCUT2D eigenvalue weighted by molar-refractivity contribution is -0.386. The quantitative estimate of drug-likeness (QED) is 0.482. The van der Waals surface area contributed by atoms with Gasteiger partial charge in [-0.15, -0.1) is 0 Å². The molecule has 9 heteroatoms. The van der Waals surface area contributed by atoms with Crippen LogP contribution in [0.3, 0.4) is 0 Å². The molecule has 2 aromatic rings. The Kier molecular flexibility index (Phi) is 4.04. The highest BCUT2D eigenvalue weighted by Gasteiger charge is 2.20. The Bertz CT molecular complexity index is 651. The fourth-order valence-electron chi connectivity index (χ4n) is 1.21. The summed E-state index contributed by atoms with van der Waals surface area (Å²) in [6.07, 6.45) is 0.948. The van der Waals surface area contributed by atoms with Gasteiger partial charge in [0.05, 0.1) is 9.95 Å². The molecule has 1 aromatic carbocycles. The van der Waals surface area contributed by atoms with E-state index in [1.807, 2.05) is 0 Å². The molecule has 0 aliphatic rings. The lowest BCUT2D eigenvalue weighted by Gasteiger charge is -2.07. The number of ether oxygens (including phenoxy) is 1. The first-order valence-corrected chi connectivity index (χ1v) is 5.91. The SMILES string of the molecule is O=[N+]([O-])c1cnc(Cl)nc1Oc1cccc(Cl)c1Cl. The van der Waals surface area contributed by atoms with Crippen molar-refractivity contribution in [3.05, 3.63) is 49.8 Å². The van der Waals surface area contributed by atoms with Gasteiger partial charge in [0.2, 0.25) is 5.28 Å². The summed E-state index contributed by atoms with van der Waals surface area (Å²) in [7, 11) is 0. The number of hydrogen-bond donors (Lipinski definition) is 0. The monoisotopic (exact) mass is 319 g/mol. The van der Waals surface area contributed by atoms with E-state index >= 15 is 0 Å². The van der Waals surface area contributed by atoms with Crippen LogP contribution in [0.1, 0.15) is 0 Å². The lowest BCUT2D eigenvalue weighted by atomic mass is 10.3. The molecule has 0 N–H and O–H groups in total. The Morgan fingerprint density at radius 3 is 2.68 bits per heavy atom. The molecule has 1 heterocycles. The maximum Gasteiger partial charge on any atom is 0.349 e.